The van der Waals surface area contributed by atoms with Crippen molar-refractivity contribution in [2.24, 2.45) is 5.73 Å². The van der Waals surface area contributed by atoms with Gasteiger partial charge in [-0.05, 0) is 30.9 Å². The molecule has 0 spiro atoms. The fourth-order valence-corrected chi connectivity index (χ4v) is 1.16. The van der Waals surface area contributed by atoms with Crippen molar-refractivity contribution in [2.45, 2.75) is 19.3 Å². The summed E-state index contributed by atoms with van der Waals surface area (Å²) in [6, 6.07) is 3.46. The Kier molecular flexibility index (Phi) is 4.07. The van der Waals surface area contributed by atoms with Crippen molar-refractivity contribution < 1.29 is 9.90 Å². The number of aromatic nitrogens is 1. The molecule has 0 bridgehead atoms. The van der Waals surface area contributed by atoms with Crippen LogP contribution in [0.2, 0.25) is 0 Å². The largest absolute Gasteiger partial charge is 0.396 e. The first-order chi connectivity index (χ1) is 6.74. The van der Waals surface area contributed by atoms with Crippen molar-refractivity contribution in [1.29, 1.82) is 0 Å². The molecule has 0 saturated carbocycles. The number of hydrogen-bond donors (Lipinski definition) is 2. The quantitative estimate of drug-likeness (QED) is 0.670. The molecule has 0 aliphatic carbocycles. The number of nitrogens with zero attached hydrogens (tertiary/aromatic N) is 1. The van der Waals surface area contributed by atoms with Gasteiger partial charge in [0.15, 0.2) is 0 Å². The summed E-state index contributed by atoms with van der Waals surface area (Å²) in [4.78, 5) is 14.6. The number of carbonyl (C=O) groups excluding carboxylic acids is 1. The number of rotatable bonds is 5. The zero-order valence-corrected chi connectivity index (χ0v) is 7.94. The summed E-state index contributed by atoms with van der Waals surface area (Å²) >= 11 is 0. The Morgan fingerprint density at radius 1 is 1.43 bits per heavy atom. The predicted octanol–water partition coefficient (Wildman–Crippen LogP) is 0.495. The van der Waals surface area contributed by atoms with Gasteiger partial charge in [0.25, 0.3) is 5.91 Å². The lowest BCUT2D eigenvalue weighted by atomic mass is 10.1. The molecule has 0 aliphatic heterocycles. The van der Waals surface area contributed by atoms with E-state index in [0.717, 1.165) is 24.8 Å². The minimum absolute atomic E-state index is 0.215. The molecule has 0 radical (unpaired) electrons. The zero-order chi connectivity index (χ0) is 10.4. The van der Waals surface area contributed by atoms with Crippen LogP contribution in [0.25, 0.3) is 0 Å². The van der Waals surface area contributed by atoms with Crippen LogP contribution in [0, 0.1) is 0 Å². The third-order valence-electron chi connectivity index (χ3n) is 1.95. The molecule has 3 N–H and O–H groups in total. The highest BCUT2D eigenvalue weighted by atomic mass is 16.2. The van der Waals surface area contributed by atoms with Gasteiger partial charge in [-0.15, -0.1) is 0 Å². The Balaban J connectivity index is 2.51. The van der Waals surface area contributed by atoms with Gasteiger partial charge in [-0.2, -0.15) is 0 Å². The highest BCUT2D eigenvalue weighted by Gasteiger charge is 2.00. The van der Waals surface area contributed by atoms with E-state index < -0.39 is 5.91 Å². The summed E-state index contributed by atoms with van der Waals surface area (Å²) in [6.07, 6.45) is 4.23. The molecule has 4 nitrogen and oxygen atoms in total. The third kappa shape index (κ3) is 3.14. The number of amides is 1. The molecule has 14 heavy (non-hydrogen) atoms. The Labute approximate surface area is 82.8 Å². The number of pyridine rings is 1. The van der Waals surface area contributed by atoms with Crippen LogP contribution in [0.4, 0.5) is 0 Å². The van der Waals surface area contributed by atoms with Gasteiger partial charge in [-0.3, -0.25) is 9.78 Å². The molecule has 1 aromatic heterocycles. The van der Waals surface area contributed by atoms with Gasteiger partial charge >= 0.3 is 0 Å². The lowest BCUT2D eigenvalue weighted by Gasteiger charge is -2.00. The van der Waals surface area contributed by atoms with Gasteiger partial charge in [0.2, 0.25) is 0 Å². The minimum Gasteiger partial charge on any atom is -0.396 e. The molecule has 1 heterocycles. The average Bonchev–Trinajstić information content (AvgIpc) is 2.19. The van der Waals surface area contributed by atoms with Gasteiger partial charge in [-0.1, -0.05) is 6.07 Å². The second-order valence-electron chi connectivity index (χ2n) is 3.10. The molecule has 76 valence electrons. The van der Waals surface area contributed by atoms with Gasteiger partial charge < -0.3 is 10.8 Å². The summed E-state index contributed by atoms with van der Waals surface area (Å²) in [6.45, 7) is 0.215. The lowest BCUT2D eigenvalue weighted by molar-refractivity contribution is 0.0995. The number of unbranched alkanes of at least 4 members (excludes halogenated alkanes) is 1. The second kappa shape index (κ2) is 5.34. The molecule has 0 aliphatic rings. The number of aliphatic hydroxyl groups is 1. The Hall–Kier alpha value is -1.42. The standard InChI is InChI=1S/C10H14N2O2/c11-10(14)9-5-4-8(7-12-9)3-1-2-6-13/h4-5,7,13H,1-3,6H2,(H2,11,14). The topological polar surface area (TPSA) is 76.2 Å². The highest BCUT2D eigenvalue weighted by molar-refractivity contribution is 5.90. The van der Waals surface area contributed by atoms with E-state index >= 15 is 0 Å². The van der Waals surface area contributed by atoms with Crippen molar-refractivity contribution >= 4 is 5.91 Å². The number of carbonyl (C=O) groups is 1. The van der Waals surface area contributed by atoms with Crippen LogP contribution >= 0.6 is 0 Å². The first-order valence-electron chi connectivity index (χ1n) is 4.59. The van der Waals surface area contributed by atoms with Gasteiger partial charge in [0.05, 0.1) is 0 Å². The highest BCUT2D eigenvalue weighted by Crippen LogP contribution is 2.04. The van der Waals surface area contributed by atoms with Gasteiger partial charge in [0, 0.05) is 12.8 Å². The maximum absolute atomic E-state index is 10.7. The molecule has 1 aromatic rings. The lowest BCUT2D eigenvalue weighted by Crippen LogP contribution is -2.12. The van der Waals surface area contributed by atoms with E-state index in [1.165, 1.54) is 0 Å². The van der Waals surface area contributed by atoms with Crippen LogP contribution < -0.4 is 5.73 Å². The maximum atomic E-state index is 10.7. The smallest absolute Gasteiger partial charge is 0.267 e. The monoisotopic (exact) mass is 194 g/mol. The normalized spacial score (nSPS) is 10.1. The molecule has 0 unspecified atom stereocenters. The van der Waals surface area contributed by atoms with Gasteiger partial charge in [-0.25, -0.2) is 0 Å². The number of aliphatic hydroxyl groups excluding tert-OH is 1. The number of aryl methyl sites for hydroxylation is 1. The van der Waals surface area contributed by atoms with Crippen molar-refractivity contribution in [3.8, 4) is 0 Å². The van der Waals surface area contributed by atoms with Crippen molar-refractivity contribution in [3.63, 3.8) is 0 Å². The van der Waals surface area contributed by atoms with E-state index in [1.54, 1.807) is 12.3 Å². The molecular weight excluding hydrogens is 180 g/mol. The summed E-state index contributed by atoms with van der Waals surface area (Å²) < 4.78 is 0. The summed E-state index contributed by atoms with van der Waals surface area (Å²) in [5.74, 6) is -0.507. The van der Waals surface area contributed by atoms with Crippen LogP contribution in [-0.4, -0.2) is 22.6 Å². The Morgan fingerprint density at radius 3 is 2.71 bits per heavy atom. The van der Waals surface area contributed by atoms with E-state index in [0.29, 0.717) is 0 Å². The molecule has 1 amide bonds. The van der Waals surface area contributed by atoms with E-state index in [-0.39, 0.29) is 12.3 Å². The molecule has 4 heteroatoms. The SMILES string of the molecule is NC(=O)c1ccc(CCCCO)cn1. The fourth-order valence-electron chi connectivity index (χ4n) is 1.16. The molecule has 0 atom stereocenters. The zero-order valence-electron chi connectivity index (χ0n) is 7.94. The van der Waals surface area contributed by atoms with E-state index in [9.17, 15) is 4.79 Å². The van der Waals surface area contributed by atoms with E-state index in [4.69, 9.17) is 10.8 Å². The van der Waals surface area contributed by atoms with Crippen LogP contribution in [0.5, 0.6) is 0 Å². The van der Waals surface area contributed by atoms with Crippen molar-refractivity contribution in [2.75, 3.05) is 6.61 Å². The van der Waals surface area contributed by atoms with E-state index in [2.05, 4.69) is 4.98 Å². The average molecular weight is 194 g/mol. The van der Waals surface area contributed by atoms with Crippen molar-refractivity contribution in [3.05, 3.63) is 29.6 Å². The molecule has 0 fully saturated rings. The summed E-state index contributed by atoms with van der Waals surface area (Å²) in [7, 11) is 0. The second-order valence-corrected chi connectivity index (χ2v) is 3.10. The first kappa shape index (κ1) is 10.7. The van der Waals surface area contributed by atoms with E-state index in [1.807, 2.05) is 6.07 Å². The molecule has 0 aromatic carbocycles. The number of hydrogen-bond acceptors (Lipinski definition) is 3. The van der Waals surface area contributed by atoms with Crippen LogP contribution in [0.1, 0.15) is 28.9 Å². The third-order valence-corrected chi connectivity index (χ3v) is 1.95. The molecular formula is C10H14N2O2. The summed E-state index contributed by atoms with van der Waals surface area (Å²) in [5.41, 5.74) is 6.40. The predicted molar refractivity (Wildman–Crippen MR) is 52.8 cm³/mol. The number of primary amides is 1. The Morgan fingerprint density at radius 2 is 2.21 bits per heavy atom. The van der Waals surface area contributed by atoms with Crippen LogP contribution in [0.3, 0.4) is 0 Å². The summed E-state index contributed by atoms with van der Waals surface area (Å²) in [5, 5.41) is 8.58. The fraction of sp³-hybridized carbons (Fsp3) is 0.400. The van der Waals surface area contributed by atoms with Crippen molar-refractivity contribution in [1.82, 2.24) is 4.98 Å². The first-order valence-corrected chi connectivity index (χ1v) is 4.59. The Bertz CT molecular complexity index is 295. The molecule has 1 rings (SSSR count). The van der Waals surface area contributed by atoms with Gasteiger partial charge in [0.1, 0.15) is 5.69 Å². The maximum Gasteiger partial charge on any atom is 0.267 e. The van der Waals surface area contributed by atoms with Crippen LogP contribution in [-0.2, 0) is 6.42 Å². The minimum atomic E-state index is -0.507. The number of nitrogens with two attached hydrogens (primary N) is 1. The van der Waals surface area contributed by atoms with Crippen LogP contribution in [0.15, 0.2) is 18.3 Å². The molecule has 0 saturated heterocycles.